The van der Waals surface area contributed by atoms with Crippen molar-refractivity contribution in [1.82, 2.24) is 0 Å². The Morgan fingerprint density at radius 2 is 0.465 bits per heavy atom. The minimum absolute atomic E-state index is 0.106. The summed E-state index contributed by atoms with van der Waals surface area (Å²) in [6.45, 7) is 9.62. The highest BCUT2D eigenvalue weighted by Crippen LogP contribution is 2.45. The maximum Gasteiger partial charge on any atom is 0.472 e. The molecular weight excluding hydrogens is 1290 g/mol. The molecule has 0 bridgehead atoms. The Hall–Kier alpha value is -1.94. The van der Waals surface area contributed by atoms with Crippen LogP contribution in [0.5, 0.6) is 0 Å². The van der Waals surface area contributed by atoms with Gasteiger partial charge in [-0.05, 0) is 37.5 Å². The molecule has 17 nitrogen and oxygen atoms in total. The van der Waals surface area contributed by atoms with E-state index in [1.165, 1.54) is 238 Å². The largest absolute Gasteiger partial charge is 0.472 e. The SMILES string of the molecule is CCCCCCCCCCCCCCCCCCCCC(=O)O[C@H](COC(=O)CCCCCCCCCCCCCCCCC)COP(=O)(O)OC[C@@H](O)COP(=O)(O)OC[C@@H](COC(=O)CCCCCCCCCCCC(C)C)OC(=O)CCCCCCCCCCCCCC(C)C. The molecule has 0 fully saturated rings. The first-order valence-corrected chi connectivity index (χ1v) is 44.5. The first kappa shape index (κ1) is 97.1. The second-order valence-corrected chi connectivity index (χ2v) is 32.7. The Kier molecular flexibility index (Phi) is 70.3. The molecule has 0 aliphatic heterocycles. The van der Waals surface area contributed by atoms with Crippen LogP contribution >= 0.6 is 15.6 Å². The van der Waals surface area contributed by atoms with Crippen molar-refractivity contribution >= 4 is 39.5 Å². The van der Waals surface area contributed by atoms with Crippen LogP contribution < -0.4 is 0 Å². The third-order valence-corrected chi connectivity index (χ3v) is 20.6. The van der Waals surface area contributed by atoms with Crippen LogP contribution in [0.3, 0.4) is 0 Å². The van der Waals surface area contributed by atoms with Gasteiger partial charge < -0.3 is 33.8 Å². The van der Waals surface area contributed by atoms with Gasteiger partial charge in [0.1, 0.15) is 19.3 Å². The molecule has 0 saturated carbocycles. The summed E-state index contributed by atoms with van der Waals surface area (Å²) in [5.41, 5.74) is 0. The molecule has 0 aromatic heterocycles. The number of esters is 4. The predicted octanol–water partition coefficient (Wildman–Crippen LogP) is 23.9. The lowest BCUT2D eigenvalue weighted by Crippen LogP contribution is -2.30. The van der Waals surface area contributed by atoms with E-state index in [1.54, 1.807) is 0 Å². The molecule has 5 atom stereocenters. The minimum atomic E-state index is -4.96. The summed E-state index contributed by atoms with van der Waals surface area (Å²) in [5.74, 6) is -0.599. The second-order valence-electron chi connectivity index (χ2n) is 29.8. The molecule has 0 heterocycles. The minimum Gasteiger partial charge on any atom is -0.462 e. The number of phosphoric acid groups is 2. The Labute approximate surface area is 607 Å². The normalized spacial score (nSPS) is 13.9. The molecule has 0 rings (SSSR count). The summed E-state index contributed by atoms with van der Waals surface area (Å²) < 4.78 is 68.7. The summed E-state index contributed by atoms with van der Waals surface area (Å²) in [6, 6.07) is 0. The molecule has 0 amide bonds. The van der Waals surface area contributed by atoms with E-state index in [0.29, 0.717) is 25.7 Å². The number of phosphoric ester groups is 2. The van der Waals surface area contributed by atoms with E-state index in [9.17, 15) is 43.2 Å². The summed E-state index contributed by atoms with van der Waals surface area (Å²) in [5, 5.41) is 10.6. The zero-order valence-corrected chi connectivity index (χ0v) is 66.6. The summed E-state index contributed by atoms with van der Waals surface area (Å²) >= 11 is 0. The van der Waals surface area contributed by atoms with Crippen molar-refractivity contribution in [3.8, 4) is 0 Å². The fraction of sp³-hybridized carbons (Fsp3) is 0.950. The van der Waals surface area contributed by atoms with Crippen molar-refractivity contribution in [2.24, 2.45) is 11.8 Å². The van der Waals surface area contributed by atoms with Crippen molar-refractivity contribution < 1.29 is 80.2 Å². The van der Waals surface area contributed by atoms with Gasteiger partial charge in [-0.25, -0.2) is 9.13 Å². The summed E-state index contributed by atoms with van der Waals surface area (Å²) in [6.07, 6.45) is 61.0. The highest BCUT2D eigenvalue weighted by atomic mass is 31.2. The molecule has 0 aromatic rings. The van der Waals surface area contributed by atoms with E-state index in [2.05, 4.69) is 41.5 Å². The number of ether oxygens (including phenoxy) is 4. The van der Waals surface area contributed by atoms with Gasteiger partial charge in [0.2, 0.25) is 0 Å². The van der Waals surface area contributed by atoms with Crippen LogP contribution in [0.1, 0.15) is 420 Å². The molecule has 0 aromatic carbocycles. The highest BCUT2D eigenvalue weighted by molar-refractivity contribution is 7.47. The Bertz CT molecular complexity index is 1910. The smallest absolute Gasteiger partial charge is 0.462 e. The van der Waals surface area contributed by atoms with E-state index >= 15 is 0 Å². The Morgan fingerprint density at radius 3 is 0.687 bits per heavy atom. The van der Waals surface area contributed by atoms with Gasteiger partial charge in [-0.2, -0.15) is 0 Å². The lowest BCUT2D eigenvalue weighted by atomic mass is 10.0. The van der Waals surface area contributed by atoms with Crippen molar-refractivity contribution in [3.05, 3.63) is 0 Å². The van der Waals surface area contributed by atoms with Crippen molar-refractivity contribution in [1.29, 1.82) is 0 Å². The van der Waals surface area contributed by atoms with Gasteiger partial charge in [-0.1, -0.05) is 369 Å². The van der Waals surface area contributed by atoms with Crippen molar-refractivity contribution in [3.63, 3.8) is 0 Å². The van der Waals surface area contributed by atoms with Gasteiger partial charge in [-0.15, -0.1) is 0 Å². The lowest BCUT2D eigenvalue weighted by Gasteiger charge is -2.21. The molecule has 0 saturated heterocycles. The fourth-order valence-electron chi connectivity index (χ4n) is 12.4. The fourth-order valence-corrected chi connectivity index (χ4v) is 13.9. The molecule has 588 valence electrons. The predicted molar refractivity (Wildman–Crippen MR) is 405 cm³/mol. The second kappa shape index (κ2) is 71.7. The van der Waals surface area contributed by atoms with Gasteiger partial charge in [0.25, 0.3) is 0 Å². The lowest BCUT2D eigenvalue weighted by molar-refractivity contribution is -0.161. The summed E-state index contributed by atoms with van der Waals surface area (Å²) in [4.78, 5) is 73.0. The van der Waals surface area contributed by atoms with Gasteiger partial charge in [-0.3, -0.25) is 37.3 Å². The zero-order chi connectivity index (χ0) is 72.8. The van der Waals surface area contributed by atoms with E-state index in [0.717, 1.165) is 102 Å². The van der Waals surface area contributed by atoms with Gasteiger partial charge in [0.05, 0.1) is 26.4 Å². The number of hydrogen-bond donors (Lipinski definition) is 3. The third-order valence-electron chi connectivity index (χ3n) is 18.7. The average molecular weight is 1450 g/mol. The molecule has 3 N–H and O–H groups in total. The monoisotopic (exact) mass is 1450 g/mol. The van der Waals surface area contributed by atoms with E-state index in [1.807, 2.05) is 0 Å². The maximum atomic E-state index is 13.1. The van der Waals surface area contributed by atoms with E-state index in [4.69, 9.17) is 37.0 Å². The van der Waals surface area contributed by atoms with Crippen LogP contribution in [-0.4, -0.2) is 96.7 Å². The first-order valence-electron chi connectivity index (χ1n) is 41.5. The van der Waals surface area contributed by atoms with Crippen LogP contribution in [0, 0.1) is 11.8 Å². The Morgan fingerprint density at radius 1 is 0.273 bits per heavy atom. The molecular formula is C80H156O17P2. The van der Waals surface area contributed by atoms with Crippen LogP contribution in [-0.2, 0) is 65.4 Å². The van der Waals surface area contributed by atoms with E-state index in [-0.39, 0.29) is 25.7 Å². The number of carbonyl (C=O) groups excluding carboxylic acids is 4. The molecule has 19 heteroatoms. The molecule has 2 unspecified atom stereocenters. The average Bonchev–Trinajstić information content (AvgIpc) is 1.02. The topological polar surface area (TPSA) is 237 Å². The number of carbonyl (C=O) groups is 4. The van der Waals surface area contributed by atoms with Gasteiger partial charge >= 0.3 is 39.5 Å². The molecule has 0 aliphatic rings. The zero-order valence-electron chi connectivity index (χ0n) is 64.8. The number of unbranched alkanes of at least 4 members (excludes halogenated alkanes) is 49. The molecule has 0 spiro atoms. The summed E-state index contributed by atoms with van der Waals surface area (Å²) in [7, 11) is -9.92. The van der Waals surface area contributed by atoms with Gasteiger partial charge in [0, 0.05) is 25.7 Å². The van der Waals surface area contributed by atoms with Gasteiger partial charge in [0.15, 0.2) is 12.2 Å². The van der Waals surface area contributed by atoms with Crippen molar-refractivity contribution in [2.45, 2.75) is 439 Å². The van der Waals surface area contributed by atoms with Crippen LogP contribution in [0.15, 0.2) is 0 Å². The van der Waals surface area contributed by atoms with Crippen LogP contribution in [0.25, 0.3) is 0 Å². The number of aliphatic hydroxyl groups is 1. The number of aliphatic hydroxyl groups excluding tert-OH is 1. The standard InChI is InChI=1S/C80H156O17P2/c1-7-9-11-13-15-17-19-21-23-24-25-27-29-33-39-46-52-58-64-79(84)96-75(68-90-77(82)62-56-50-44-38-32-28-26-22-20-18-16-14-12-10-8-2)70-94-98(86,87)92-66-74(81)67-93-99(88,89)95-71-76(69-91-78(83)63-57-51-45-41-35-37-43-49-55-61-73(5)6)97-80(85)65-59-53-47-40-34-30-31-36-42-48-54-60-72(3)4/h72-76,81H,7-71H2,1-6H3,(H,86,87)(H,88,89)/t74-,75-,76-/m1/s1. The third kappa shape index (κ3) is 74.1. The maximum absolute atomic E-state index is 13.1. The molecule has 99 heavy (non-hydrogen) atoms. The quantitative estimate of drug-likeness (QED) is 0.0222. The highest BCUT2D eigenvalue weighted by Gasteiger charge is 2.30. The molecule has 0 aliphatic carbocycles. The van der Waals surface area contributed by atoms with Crippen LogP contribution in [0.2, 0.25) is 0 Å². The molecule has 0 radical (unpaired) electrons. The van der Waals surface area contributed by atoms with E-state index < -0.39 is 97.5 Å². The Balaban J connectivity index is 5.26. The van der Waals surface area contributed by atoms with Crippen molar-refractivity contribution in [2.75, 3.05) is 39.6 Å². The number of hydrogen-bond acceptors (Lipinski definition) is 15. The number of rotatable bonds is 79. The van der Waals surface area contributed by atoms with Crippen LogP contribution in [0.4, 0.5) is 0 Å². The first-order chi connectivity index (χ1) is 47.9.